The molecule has 2 N–H and O–H groups in total. The van der Waals surface area contributed by atoms with Crippen LogP contribution in [0.3, 0.4) is 0 Å². The van der Waals surface area contributed by atoms with Gasteiger partial charge in [-0.1, -0.05) is 0 Å². The van der Waals surface area contributed by atoms with Crippen LogP contribution in [0.2, 0.25) is 0 Å². The Labute approximate surface area is 107 Å². The topological polar surface area (TPSA) is 29.3 Å². The molecule has 0 amide bonds. The van der Waals surface area contributed by atoms with Crippen molar-refractivity contribution in [2.24, 2.45) is 0 Å². The molecule has 0 heterocycles. The lowest BCUT2D eigenvalue weighted by molar-refractivity contribution is 0.628. The molecule has 0 aliphatic carbocycles. The summed E-state index contributed by atoms with van der Waals surface area (Å²) in [4.78, 5) is 2.12. The number of rotatable bonds is 3. The van der Waals surface area contributed by atoms with Crippen molar-refractivity contribution in [1.82, 2.24) is 0 Å². The molecular weight excluding hydrogens is 227 g/mol. The van der Waals surface area contributed by atoms with E-state index in [4.69, 9.17) is 5.73 Å². The van der Waals surface area contributed by atoms with Gasteiger partial charge in [-0.3, -0.25) is 0 Å². The highest BCUT2D eigenvalue weighted by atomic mass is 19.1. The SMILES string of the molecule is CCN(c1ccc(F)cc1)c1ccc(N)c(C)c1. The Balaban J connectivity index is 2.38. The van der Waals surface area contributed by atoms with E-state index in [2.05, 4.69) is 11.8 Å². The van der Waals surface area contributed by atoms with Gasteiger partial charge >= 0.3 is 0 Å². The fraction of sp³-hybridized carbons (Fsp3) is 0.200. The number of benzene rings is 2. The molecule has 0 radical (unpaired) electrons. The van der Waals surface area contributed by atoms with Crippen LogP contribution in [0.25, 0.3) is 0 Å². The summed E-state index contributed by atoms with van der Waals surface area (Å²) in [6.45, 7) is 4.86. The minimum absolute atomic E-state index is 0.219. The molecule has 94 valence electrons. The maximum atomic E-state index is 12.9. The standard InChI is InChI=1S/C15H17FN2/c1-3-18(13-6-4-12(16)5-7-13)14-8-9-15(17)11(2)10-14/h4-10H,3,17H2,1-2H3. The van der Waals surface area contributed by atoms with E-state index in [1.807, 2.05) is 25.1 Å². The molecule has 0 saturated carbocycles. The third-order valence-electron chi connectivity index (χ3n) is 3.02. The molecule has 2 rings (SSSR count). The molecule has 0 saturated heterocycles. The molecule has 2 nitrogen and oxygen atoms in total. The molecule has 0 fully saturated rings. The minimum Gasteiger partial charge on any atom is -0.399 e. The Morgan fingerprint density at radius 3 is 2.22 bits per heavy atom. The Hall–Kier alpha value is -2.03. The number of halogens is 1. The molecule has 0 aliphatic heterocycles. The summed E-state index contributed by atoms with van der Waals surface area (Å²) in [7, 11) is 0. The van der Waals surface area contributed by atoms with Crippen LogP contribution in [-0.2, 0) is 0 Å². The third-order valence-corrected chi connectivity index (χ3v) is 3.02. The lowest BCUT2D eigenvalue weighted by Gasteiger charge is -2.24. The van der Waals surface area contributed by atoms with Gasteiger partial charge in [0.15, 0.2) is 0 Å². The van der Waals surface area contributed by atoms with Crippen molar-refractivity contribution in [1.29, 1.82) is 0 Å². The van der Waals surface area contributed by atoms with Crippen molar-refractivity contribution in [3.8, 4) is 0 Å². The van der Waals surface area contributed by atoms with Gasteiger partial charge in [0, 0.05) is 23.6 Å². The first-order valence-corrected chi connectivity index (χ1v) is 6.01. The number of hydrogen-bond acceptors (Lipinski definition) is 2. The number of hydrogen-bond donors (Lipinski definition) is 1. The predicted molar refractivity (Wildman–Crippen MR) is 74.7 cm³/mol. The van der Waals surface area contributed by atoms with Crippen LogP contribution in [0.4, 0.5) is 21.5 Å². The van der Waals surface area contributed by atoms with E-state index in [0.717, 1.165) is 29.2 Å². The van der Waals surface area contributed by atoms with Gasteiger partial charge < -0.3 is 10.6 Å². The van der Waals surface area contributed by atoms with Gasteiger partial charge in [0.05, 0.1) is 0 Å². The summed E-state index contributed by atoms with van der Waals surface area (Å²) in [5.74, 6) is -0.219. The first kappa shape index (κ1) is 12.4. The second-order valence-corrected chi connectivity index (χ2v) is 4.26. The normalized spacial score (nSPS) is 10.4. The second-order valence-electron chi connectivity index (χ2n) is 4.26. The molecule has 0 unspecified atom stereocenters. The van der Waals surface area contributed by atoms with Crippen LogP contribution in [0.15, 0.2) is 42.5 Å². The van der Waals surface area contributed by atoms with Crippen LogP contribution in [0, 0.1) is 12.7 Å². The first-order valence-electron chi connectivity index (χ1n) is 6.01. The predicted octanol–water partition coefficient (Wildman–Crippen LogP) is 3.87. The zero-order valence-corrected chi connectivity index (χ0v) is 10.7. The van der Waals surface area contributed by atoms with Crippen molar-refractivity contribution >= 4 is 17.1 Å². The lowest BCUT2D eigenvalue weighted by atomic mass is 10.1. The molecule has 3 heteroatoms. The van der Waals surface area contributed by atoms with E-state index in [-0.39, 0.29) is 5.82 Å². The van der Waals surface area contributed by atoms with Gasteiger partial charge in [-0.25, -0.2) is 4.39 Å². The number of nitrogens with two attached hydrogens (primary N) is 1. The van der Waals surface area contributed by atoms with E-state index in [1.54, 1.807) is 12.1 Å². The fourth-order valence-corrected chi connectivity index (χ4v) is 1.96. The van der Waals surface area contributed by atoms with Crippen LogP contribution >= 0.6 is 0 Å². The maximum Gasteiger partial charge on any atom is 0.123 e. The Kier molecular flexibility index (Phi) is 3.51. The van der Waals surface area contributed by atoms with Crippen LogP contribution in [-0.4, -0.2) is 6.54 Å². The third kappa shape index (κ3) is 2.45. The summed E-state index contributed by atoms with van der Waals surface area (Å²) in [6.07, 6.45) is 0. The molecule has 0 bridgehead atoms. The summed E-state index contributed by atoms with van der Waals surface area (Å²) in [5, 5.41) is 0. The number of nitrogen functional groups attached to an aromatic ring is 1. The highest BCUT2D eigenvalue weighted by molar-refractivity contribution is 5.66. The monoisotopic (exact) mass is 244 g/mol. The van der Waals surface area contributed by atoms with Gasteiger partial charge in [0.2, 0.25) is 0 Å². The second kappa shape index (κ2) is 5.08. The van der Waals surface area contributed by atoms with Gasteiger partial charge in [-0.05, 0) is 61.9 Å². The van der Waals surface area contributed by atoms with Crippen LogP contribution in [0.5, 0.6) is 0 Å². The van der Waals surface area contributed by atoms with Gasteiger partial charge in [0.1, 0.15) is 5.82 Å². The van der Waals surface area contributed by atoms with Crippen LogP contribution in [0.1, 0.15) is 12.5 Å². The van der Waals surface area contributed by atoms with E-state index in [9.17, 15) is 4.39 Å². The van der Waals surface area contributed by atoms with Crippen molar-refractivity contribution in [2.45, 2.75) is 13.8 Å². The van der Waals surface area contributed by atoms with Crippen molar-refractivity contribution in [3.63, 3.8) is 0 Å². The molecule has 0 aliphatic rings. The molecule has 0 aromatic heterocycles. The Morgan fingerprint density at radius 2 is 1.67 bits per heavy atom. The van der Waals surface area contributed by atoms with Gasteiger partial charge in [0.25, 0.3) is 0 Å². The minimum atomic E-state index is -0.219. The number of anilines is 3. The van der Waals surface area contributed by atoms with Gasteiger partial charge in [-0.15, -0.1) is 0 Å². The highest BCUT2D eigenvalue weighted by Crippen LogP contribution is 2.27. The van der Waals surface area contributed by atoms with E-state index in [0.29, 0.717) is 0 Å². The quantitative estimate of drug-likeness (QED) is 0.830. The van der Waals surface area contributed by atoms with Crippen LogP contribution < -0.4 is 10.6 Å². The zero-order valence-electron chi connectivity index (χ0n) is 10.7. The molecule has 0 spiro atoms. The highest BCUT2D eigenvalue weighted by Gasteiger charge is 2.08. The summed E-state index contributed by atoms with van der Waals surface area (Å²) in [5.41, 5.74) is 9.70. The van der Waals surface area contributed by atoms with E-state index >= 15 is 0 Å². The lowest BCUT2D eigenvalue weighted by Crippen LogP contribution is -2.16. The van der Waals surface area contributed by atoms with E-state index < -0.39 is 0 Å². The van der Waals surface area contributed by atoms with Crippen molar-refractivity contribution in [2.75, 3.05) is 17.2 Å². The summed E-state index contributed by atoms with van der Waals surface area (Å²) >= 11 is 0. The maximum absolute atomic E-state index is 12.9. The molecule has 2 aromatic carbocycles. The Bertz CT molecular complexity index is 535. The largest absolute Gasteiger partial charge is 0.399 e. The number of nitrogens with zero attached hydrogens (tertiary/aromatic N) is 1. The summed E-state index contributed by atoms with van der Waals surface area (Å²) in [6, 6.07) is 12.4. The first-order chi connectivity index (χ1) is 8.61. The fourth-order valence-electron chi connectivity index (χ4n) is 1.96. The number of aryl methyl sites for hydroxylation is 1. The zero-order chi connectivity index (χ0) is 13.1. The van der Waals surface area contributed by atoms with Crippen molar-refractivity contribution in [3.05, 3.63) is 53.8 Å². The average molecular weight is 244 g/mol. The average Bonchev–Trinajstić information content (AvgIpc) is 2.37. The Morgan fingerprint density at radius 1 is 1.06 bits per heavy atom. The molecule has 0 atom stereocenters. The van der Waals surface area contributed by atoms with E-state index in [1.165, 1.54) is 12.1 Å². The van der Waals surface area contributed by atoms with Crippen molar-refractivity contribution < 1.29 is 4.39 Å². The smallest absolute Gasteiger partial charge is 0.123 e. The molecule has 2 aromatic rings. The summed E-state index contributed by atoms with van der Waals surface area (Å²) < 4.78 is 12.9. The molecule has 18 heavy (non-hydrogen) atoms. The molecular formula is C15H17FN2. The van der Waals surface area contributed by atoms with Gasteiger partial charge in [-0.2, -0.15) is 0 Å².